The summed E-state index contributed by atoms with van der Waals surface area (Å²) in [5.41, 5.74) is 7.61. The number of carbonyl (C=O) groups excluding carboxylic acids is 3. The Kier molecular flexibility index (Phi) is 32.1. The average molecular weight is 1270 g/mol. The molecule has 5 heterocycles. The molecule has 0 amide bonds. The predicted octanol–water partition coefficient (Wildman–Crippen LogP) is 11.6. The maximum atomic E-state index is 12.7. The van der Waals surface area contributed by atoms with Gasteiger partial charge in [0.25, 0.3) is 15.3 Å². The summed E-state index contributed by atoms with van der Waals surface area (Å²) < 4.78 is 45.0. The van der Waals surface area contributed by atoms with Crippen LogP contribution >= 0.6 is 47.2 Å². The number of benzene rings is 3. The number of hydrazone groups is 1. The number of hydrogen-bond acceptors (Lipinski definition) is 17. The molecule has 23 nitrogen and oxygen atoms in total. The van der Waals surface area contributed by atoms with Crippen LogP contribution in [0, 0.1) is 24.7 Å². The van der Waals surface area contributed by atoms with Crippen LogP contribution in [-0.2, 0) is 45.0 Å². The number of H-pyrrole nitrogens is 1. The zero-order valence-electron chi connectivity index (χ0n) is 47.5. The normalized spacial score (nSPS) is 18.1. The molecule has 0 spiro atoms. The van der Waals surface area contributed by atoms with E-state index in [0.29, 0.717) is 46.5 Å². The van der Waals surface area contributed by atoms with E-state index in [-0.39, 0.29) is 47.0 Å². The lowest BCUT2D eigenvalue weighted by Crippen LogP contribution is -2.30. The van der Waals surface area contributed by atoms with Crippen molar-refractivity contribution < 1.29 is 41.7 Å². The highest BCUT2D eigenvalue weighted by Crippen LogP contribution is 2.42. The van der Waals surface area contributed by atoms with Gasteiger partial charge in [0.2, 0.25) is 0 Å². The largest absolute Gasteiger partial charge is 0.469 e. The summed E-state index contributed by atoms with van der Waals surface area (Å²) in [6.07, 6.45) is 18.2. The van der Waals surface area contributed by atoms with E-state index < -0.39 is 15.3 Å². The number of carbonyl (C=O) groups is 3. The van der Waals surface area contributed by atoms with Gasteiger partial charge in [0.15, 0.2) is 0 Å². The number of sulfonamides is 1. The molecule has 6 N–H and O–H groups in total. The van der Waals surface area contributed by atoms with Crippen LogP contribution in [0.4, 0.5) is 0 Å². The summed E-state index contributed by atoms with van der Waals surface area (Å²) in [4.78, 5) is 53.3. The molecule has 2 saturated carbocycles. The highest BCUT2D eigenvalue weighted by Gasteiger charge is 2.32. The number of methoxy groups -OCH3 is 2. The summed E-state index contributed by atoms with van der Waals surface area (Å²) in [5.74, 6) is 8.85. The number of ether oxygens (including phenoxy) is 4. The van der Waals surface area contributed by atoms with Crippen molar-refractivity contribution in [2.75, 3.05) is 40.6 Å². The standard InChI is InChI=1S/C21H21ClN4O2.C21H26N4O4S.C7H4Cl2O.2C4H8O.ClH.H4N6/c1-28-21(27)15-4-2-13(3-5-15)19-18(17-10-11-23-12-24-17)20(26-25-19)14-6-8-16(22)9-7-14;1-15-3-9-19(10-4-15)30(27,28)25-24-20(13-18-11-12-22-14-23-18)16-5-7-17(8-6-16)21(26)29-2;8-6-3-1-5(2-4-6)7(9)10;2*1-2-4-5-3-1;;1-3-5-6-4-2/h6-13,15H,2-5H2,1H3,(H,25,26);3-4,9-12,14,16-17,25H,5-8,13H2,1-2H3;1-4H;2*1-4H2;1H;(H2,1,4,5)(H2,2,3,6)/b;24-20+;;;;;. The van der Waals surface area contributed by atoms with E-state index in [1.54, 1.807) is 73.3 Å². The number of esters is 2. The number of hydrogen-bond donors (Lipinski definition) is 4. The van der Waals surface area contributed by atoms with Crippen molar-refractivity contribution in [3.05, 3.63) is 143 Å². The fourth-order valence-electron chi connectivity index (χ4n) is 9.20. The van der Waals surface area contributed by atoms with Crippen molar-refractivity contribution >= 4 is 80.1 Å². The van der Waals surface area contributed by atoms with Crippen molar-refractivity contribution in [1.82, 2.24) is 35.0 Å². The molecule has 3 aromatic heterocycles. The van der Waals surface area contributed by atoms with Gasteiger partial charge in [-0.1, -0.05) is 63.5 Å². The van der Waals surface area contributed by atoms with E-state index in [0.717, 1.165) is 104 Å². The molecule has 85 heavy (non-hydrogen) atoms. The topological polar surface area (TPSA) is 328 Å². The van der Waals surface area contributed by atoms with Gasteiger partial charge in [-0.2, -0.15) is 18.6 Å². The second-order valence-corrected chi connectivity index (χ2v) is 22.2. The summed E-state index contributed by atoms with van der Waals surface area (Å²) in [5, 5.41) is 24.1. The van der Waals surface area contributed by atoms with Crippen molar-refractivity contribution in [3.8, 4) is 22.5 Å². The molecule has 3 aromatic carbocycles. The minimum atomic E-state index is -3.78. The van der Waals surface area contributed by atoms with Crippen LogP contribution < -0.4 is 16.5 Å². The molecule has 458 valence electrons. The number of aromatic nitrogens is 6. The van der Waals surface area contributed by atoms with Crippen LogP contribution in [0.1, 0.15) is 110 Å². The molecular weight excluding hydrogens is 1200 g/mol. The van der Waals surface area contributed by atoms with E-state index >= 15 is 0 Å². The molecule has 4 fully saturated rings. The number of aromatic amines is 1. The van der Waals surface area contributed by atoms with Crippen LogP contribution in [0.3, 0.4) is 0 Å². The first-order chi connectivity index (χ1) is 40.7. The Morgan fingerprint density at radius 1 is 0.682 bits per heavy atom. The van der Waals surface area contributed by atoms with E-state index in [9.17, 15) is 22.8 Å². The van der Waals surface area contributed by atoms with Gasteiger partial charge >= 0.3 is 11.9 Å². The first-order valence-corrected chi connectivity index (χ1v) is 29.8. The van der Waals surface area contributed by atoms with Gasteiger partial charge < -0.3 is 30.6 Å². The fourth-order valence-corrected chi connectivity index (χ4v) is 10.4. The van der Waals surface area contributed by atoms with E-state index in [1.165, 1.54) is 46.2 Å². The Balaban J connectivity index is 0.000000255. The first-order valence-electron chi connectivity index (χ1n) is 27.1. The fraction of sp³-hybridized carbons (Fsp3) is 0.421. The molecule has 28 heteroatoms. The van der Waals surface area contributed by atoms with E-state index in [1.807, 2.05) is 37.3 Å². The number of aryl methyl sites for hydroxylation is 1. The molecule has 2 saturated heterocycles. The third-order valence-electron chi connectivity index (χ3n) is 13.7. The third-order valence-corrected chi connectivity index (χ3v) is 15.6. The van der Waals surface area contributed by atoms with Crippen molar-refractivity contribution in [2.45, 2.75) is 101 Å². The molecule has 2 aliphatic carbocycles. The zero-order chi connectivity index (χ0) is 60.5. The monoisotopic (exact) mass is 1270 g/mol. The highest BCUT2D eigenvalue weighted by molar-refractivity contribution is 7.89. The molecule has 0 unspecified atom stereocenters. The Morgan fingerprint density at radius 2 is 1.18 bits per heavy atom. The molecule has 6 aromatic rings. The van der Waals surface area contributed by atoms with Crippen LogP contribution in [-0.4, -0.2) is 102 Å². The lowest BCUT2D eigenvalue weighted by atomic mass is 9.79. The van der Waals surface area contributed by atoms with Crippen molar-refractivity contribution in [2.24, 2.45) is 55.4 Å². The van der Waals surface area contributed by atoms with Gasteiger partial charge in [-0.05, 0) is 173 Å². The van der Waals surface area contributed by atoms with Crippen LogP contribution in [0.5, 0.6) is 0 Å². The van der Waals surface area contributed by atoms with Gasteiger partial charge in [-0.15, -0.1) is 12.4 Å². The maximum Gasteiger partial charge on any atom is 0.308 e. The average Bonchev–Trinajstić information content (AvgIpc) is 4.19. The Morgan fingerprint density at radius 3 is 1.62 bits per heavy atom. The van der Waals surface area contributed by atoms with Crippen LogP contribution in [0.2, 0.25) is 10.0 Å². The molecule has 4 aliphatic rings. The lowest BCUT2D eigenvalue weighted by molar-refractivity contribution is -0.147. The van der Waals surface area contributed by atoms with Gasteiger partial charge in [-0.25, -0.2) is 24.8 Å². The van der Waals surface area contributed by atoms with Gasteiger partial charge in [0.1, 0.15) is 18.3 Å². The SMILES string of the molecule is C1CCOC1.C1CCOC1.COC(=O)C1CCC(/C(Cc2ccncn2)=N/NS(=O)(=O)c2ccc(C)cc2)CC1.COC(=O)C1CCC(c2[nH]nc(-c3ccc(Cl)cc3)c2-c2ccncn2)CC1.Cl.N/N=N/N=N/N.O=C(Cl)c1ccc(Cl)cc1. The molecule has 0 bridgehead atoms. The number of nitrogens with two attached hydrogens (primary N) is 2. The maximum absolute atomic E-state index is 12.7. The van der Waals surface area contributed by atoms with E-state index in [4.69, 9.17) is 53.8 Å². The Labute approximate surface area is 516 Å². The quantitative estimate of drug-likeness (QED) is 0.0208. The summed E-state index contributed by atoms with van der Waals surface area (Å²) in [6.45, 7) is 5.90. The van der Waals surface area contributed by atoms with E-state index in [2.05, 4.69) is 72.6 Å². The first kappa shape index (κ1) is 70.4. The minimum Gasteiger partial charge on any atom is -0.469 e. The number of halogens is 4. The zero-order valence-corrected chi connectivity index (χ0v) is 51.4. The Bertz CT molecular complexity index is 3080. The minimum absolute atomic E-state index is 0. The second kappa shape index (κ2) is 38.8. The smallest absolute Gasteiger partial charge is 0.308 e. The molecule has 10 rings (SSSR count). The number of rotatable bonds is 13. The van der Waals surface area contributed by atoms with Gasteiger partial charge in [0, 0.05) is 95.0 Å². The van der Waals surface area contributed by atoms with Crippen LogP contribution in [0.25, 0.3) is 22.5 Å². The van der Waals surface area contributed by atoms with Gasteiger partial charge in [-0.3, -0.25) is 19.5 Å². The Hall–Kier alpha value is -7.06. The van der Waals surface area contributed by atoms with Crippen molar-refractivity contribution in [3.63, 3.8) is 0 Å². The summed E-state index contributed by atoms with van der Waals surface area (Å²) >= 11 is 16.8. The predicted molar refractivity (Wildman–Crippen MR) is 326 cm³/mol. The highest BCUT2D eigenvalue weighted by atomic mass is 35.5. The summed E-state index contributed by atoms with van der Waals surface area (Å²) in [7, 11) is -0.923. The van der Waals surface area contributed by atoms with Gasteiger partial charge in [0.05, 0.1) is 36.6 Å². The number of nitrogens with zero attached hydrogens (tertiary/aromatic N) is 10. The summed E-state index contributed by atoms with van der Waals surface area (Å²) in [6, 6.07) is 24.3. The van der Waals surface area contributed by atoms with Crippen molar-refractivity contribution in [1.29, 1.82) is 0 Å². The third kappa shape index (κ3) is 24.4. The lowest BCUT2D eigenvalue weighted by Gasteiger charge is -2.27. The van der Waals surface area contributed by atoms with Crippen LogP contribution in [0.15, 0.2) is 141 Å². The molecule has 0 atom stereocenters. The molecule has 2 aliphatic heterocycles. The number of nitrogens with one attached hydrogen (secondary N) is 2. The molecular formula is C57H72Cl4N14O9S. The molecule has 0 radical (unpaired) electrons. The second-order valence-electron chi connectivity index (χ2n) is 19.3.